The minimum atomic E-state index is -0.350. The van der Waals surface area contributed by atoms with E-state index in [1.54, 1.807) is 12.1 Å². The second kappa shape index (κ2) is 6.92. The van der Waals surface area contributed by atoms with E-state index in [2.05, 4.69) is 16.1 Å². The number of halogens is 1. The summed E-state index contributed by atoms with van der Waals surface area (Å²) in [6.45, 7) is 4.15. The molecular weight excluding hydrogens is 329 g/mol. The van der Waals surface area contributed by atoms with E-state index in [-0.39, 0.29) is 11.9 Å². The molecule has 26 heavy (non-hydrogen) atoms. The van der Waals surface area contributed by atoms with Crippen LogP contribution in [0, 0.1) is 12.7 Å². The largest absolute Gasteiger partial charge is 0.484 e. The van der Waals surface area contributed by atoms with Gasteiger partial charge >= 0.3 is 0 Å². The van der Waals surface area contributed by atoms with Gasteiger partial charge in [-0.1, -0.05) is 36.4 Å². The fourth-order valence-electron chi connectivity index (χ4n) is 3.54. The van der Waals surface area contributed by atoms with E-state index in [1.165, 1.54) is 11.6 Å². The van der Waals surface area contributed by atoms with Crippen LogP contribution in [0.2, 0.25) is 0 Å². The molecule has 4 nitrogen and oxygen atoms in total. The molecule has 0 saturated carbocycles. The Morgan fingerprint density at radius 1 is 1.15 bits per heavy atom. The Kier molecular flexibility index (Phi) is 4.47. The van der Waals surface area contributed by atoms with Crippen LogP contribution in [0.15, 0.2) is 54.7 Å². The molecule has 134 valence electrons. The Morgan fingerprint density at radius 3 is 2.69 bits per heavy atom. The van der Waals surface area contributed by atoms with Crippen LogP contribution < -0.4 is 4.74 Å². The standard InChI is InChI=1S/C21H22FN3O/c1-15-17(11-24(2)23-15)13-25-12-16-7-3-6-10-20(16)26-21(14-25)18-8-4-5-9-19(18)22/h3-11,21H,12-14H2,1-2H3. The number of aryl methyl sites for hydroxylation is 2. The smallest absolute Gasteiger partial charge is 0.139 e. The van der Waals surface area contributed by atoms with Gasteiger partial charge in [0.25, 0.3) is 0 Å². The van der Waals surface area contributed by atoms with Crippen molar-refractivity contribution in [3.8, 4) is 5.75 Å². The van der Waals surface area contributed by atoms with Gasteiger partial charge in [0.15, 0.2) is 0 Å². The van der Waals surface area contributed by atoms with E-state index in [4.69, 9.17) is 4.74 Å². The molecule has 2 heterocycles. The molecule has 1 unspecified atom stereocenters. The Morgan fingerprint density at radius 2 is 1.92 bits per heavy atom. The highest BCUT2D eigenvalue weighted by Gasteiger charge is 2.26. The maximum Gasteiger partial charge on any atom is 0.139 e. The number of rotatable bonds is 3. The van der Waals surface area contributed by atoms with Crippen LogP contribution in [0.4, 0.5) is 4.39 Å². The first-order chi connectivity index (χ1) is 12.6. The molecule has 0 bridgehead atoms. The van der Waals surface area contributed by atoms with E-state index in [0.29, 0.717) is 12.1 Å². The summed E-state index contributed by atoms with van der Waals surface area (Å²) in [5.74, 6) is 0.598. The molecule has 0 saturated heterocycles. The highest BCUT2D eigenvalue weighted by molar-refractivity contribution is 5.35. The van der Waals surface area contributed by atoms with Gasteiger partial charge in [0.05, 0.1) is 5.69 Å². The highest BCUT2D eigenvalue weighted by atomic mass is 19.1. The summed E-state index contributed by atoms with van der Waals surface area (Å²) < 4.78 is 22.5. The van der Waals surface area contributed by atoms with Crippen molar-refractivity contribution < 1.29 is 9.13 Å². The van der Waals surface area contributed by atoms with Gasteiger partial charge in [0, 0.05) is 49.6 Å². The molecule has 1 aliphatic heterocycles. The SMILES string of the molecule is Cc1nn(C)cc1CN1Cc2ccccc2OC(c2ccccc2F)C1. The molecule has 1 aromatic heterocycles. The number of aromatic nitrogens is 2. The zero-order chi connectivity index (χ0) is 18.1. The van der Waals surface area contributed by atoms with Crippen LogP contribution >= 0.6 is 0 Å². The number of hydrogen-bond donors (Lipinski definition) is 0. The summed E-state index contributed by atoms with van der Waals surface area (Å²) in [6, 6.07) is 14.9. The number of nitrogens with zero attached hydrogens (tertiary/aromatic N) is 3. The van der Waals surface area contributed by atoms with Gasteiger partial charge in [0.2, 0.25) is 0 Å². The van der Waals surface area contributed by atoms with E-state index in [0.717, 1.165) is 30.1 Å². The minimum Gasteiger partial charge on any atom is -0.484 e. The quantitative estimate of drug-likeness (QED) is 0.714. The summed E-state index contributed by atoms with van der Waals surface area (Å²) >= 11 is 0. The van der Waals surface area contributed by atoms with Crippen LogP contribution in [-0.4, -0.2) is 21.2 Å². The molecule has 0 spiro atoms. The van der Waals surface area contributed by atoms with Crippen molar-refractivity contribution in [3.05, 3.63) is 82.9 Å². The predicted octanol–water partition coefficient (Wildman–Crippen LogP) is 4.00. The number of ether oxygens (including phenoxy) is 1. The minimum absolute atomic E-state index is 0.227. The van der Waals surface area contributed by atoms with Crippen molar-refractivity contribution in [1.82, 2.24) is 14.7 Å². The Bertz CT molecular complexity index is 921. The summed E-state index contributed by atoms with van der Waals surface area (Å²) in [6.07, 6.45) is 1.70. The normalized spacial score (nSPS) is 17.4. The van der Waals surface area contributed by atoms with Crippen molar-refractivity contribution in [3.63, 3.8) is 0 Å². The molecule has 1 aliphatic rings. The lowest BCUT2D eigenvalue weighted by Crippen LogP contribution is -2.28. The van der Waals surface area contributed by atoms with Crippen LogP contribution in [0.1, 0.15) is 28.5 Å². The molecule has 0 radical (unpaired) electrons. The molecule has 4 rings (SSSR count). The van der Waals surface area contributed by atoms with E-state index >= 15 is 0 Å². The topological polar surface area (TPSA) is 30.3 Å². The number of hydrogen-bond acceptors (Lipinski definition) is 3. The predicted molar refractivity (Wildman–Crippen MR) is 98.3 cm³/mol. The Balaban J connectivity index is 1.68. The highest BCUT2D eigenvalue weighted by Crippen LogP contribution is 2.32. The molecule has 5 heteroatoms. The van der Waals surface area contributed by atoms with Gasteiger partial charge in [-0.15, -0.1) is 0 Å². The molecule has 2 aromatic carbocycles. The van der Waals surface area contributed by atoms with Crippen LogP contribution in [0.5, 0.6) is 5.75 Å². The second-order valence-corrected chi connectivity index (χ2v) is 6.82. The summed E-state index contributed by atoms with van der Waals surface area (Å²) in [5.41, 5.74) is 3.91. The van der Waals surface area contributed by atoms with Crippen molar-refractivity contribution in [2.45, 2.75) is 26.1 Å². The van der Waals surface area contributed by atoms with Gasteiger partial charge in [-0.3, -0.25) is 9.58 Å². The summed E-state index contributed by atoms with van der Waals surface area (Å²) in [4.78, 5) is 2.30. The first-order valence-corrected chi connectivity index (χ1v) is 8.80. The van der Waals surface area contributed by atoms with E-state index in [9.17, 15) is 4.39 Å². The van der Waals surface area contributed by atoms with Gasteiger partial charge in [-0.25, -0.2) is 4.39 Å². The third-order valence-corrected chi connectivity index (χ3v) is 4.82. The molecule has 0 fully saturated rings. The van der Waals surface area contributed by atoms with Crippen LogP contribution in [0.25, 0.3) is 0 Å². The lowest BCUT2D eigenvalue weighted by Gasteiger charge is -2.24. The first-order valence-electron chi connectivity index (χ1n) is 8.80. The average molecular weight is 351 g/mol. The molecular formula is C21H22FN3O. The van der Waals surface area contributed by atoms with Gasteiger partial charge < -0.3 is 4.74 Å². The lowest BCUT2D eigenvalue weighted by atomic mass is 10.1. The molecule has 3 aromatic rings. The third-order valence-electron chi connectivity index (χ3n) is 4.82. The first kappa shape index (κ1) is 16.8. The fraction of sp³-hybridized carbons (Fsp3) is 0.286. The average Bonchev–Trinajstić information content (AvgIpc) is 2.83. The van der Waals surface area contributed by atoms with Crippen molar-refractivity contribution in [2.75, 3.05) is 6.54 Å². The molecule has 0 N–H and O–H groups in total. The van der Waals surface area contributed by atoms with Crippen LogP contribution in [-0.2, 0) is 20.1 Å². The van der Waals surface area contributed by atoms with E-state index in [1.807, 2.05) is 49.1 Å². The molecule has 1 atom stereocenters. The maximum atomic E-state index is 14.4. The van der Waals surface area contributed by atoms with Crippen molar-refractivity contribution in [1.29, 1.82) is 0 Å². The van der Waals surface area contributed by atoms with Crippen LogP contribution in [0.3, 0.4) is 0 Å². The van der Waals surface area contributed by atoms with Gasteiger partial charge in [-0.2, -0.15) is 5.10 Å². The zero-order valence-corrected chi connectivity index (χ0v) is 15.0. The summed E-state index contributed by atoms with van der Waals surface area (Å²) in [7, 11) is 1.93. The summed E-state index contributed by atoms with van der Waals surface area (Å²) in [5, 5.41) is 4.43. The number of para-hydroxylation sites is 1. The molecule has 0 aliphatic carbocycles. The monoisotopic (exact) mass is 351 g/mol. The second-order valence-electron chi connectivity index (χ2n) is 6.82. The fourth-order valence-corrected chi connectivity index (χ4v) is 3.54. The number of benzene rings is 2. The zero-order valence-electron chi connectivity index (χ0n) is 15.0. The maximum absolute atomic E-state index is 14.4. The van der Waals surface area contributed by atoms with Crippen molar-refractivity contribution in [2.24, 2.45) is 7.05 Å². The Hall–Kier alpha value is -2.66. The van der Waals surface area contributed by atoms with Crippen molar-refractivity contribution >= 4 is 0 Å². The Labute approximate surface area is 152 Å². The van der Waals surface area contributed by atoms with E-state index < -0.39 is 0 Å². The third kappa shape index (κ3) is 3.35. The van der Waals surface area contributed by atoms with Gasteiger partial charge in [-0.05, 0) is 19.1 Å². The number of fused-ring (bicyclic) bond motifs is 1. The lowest BCUT2D eigenvalue weighted by molar-refractivity contribution is 0.140. The molecule has 0 amide bonds. The van der Waals surface area contributed by atoms with Gasteiger partial charge in [0.1, 0.15) is 17.7 Å².